The summed E-state index contributed by atoms with van der Waals surface area (Å²) in [5.74, 6) is 0.845. The van der Waals surface area contributed by atoms with Crippen molar-refractivity contribution in [3.05, 3.63) is 36.0 Å². The molecular formula is C15H19N3O2. The van der Waals surface area contributed by atoms with E-state index in [-0.39, 0.29) is 6.10 Å². The third-order valence-electron chi connectivity index (χ3n) is 3.74. The van der Waals surface area contributed by atoms with Crippen LogP contribution in [-0.2, 0) is 6.54 Å². The molecule has 0 unspecified atom stereocenters. The number of nitrogens with one attached hydrogen (secondary N) is 1. The molecule has 0 bridgehead atoms. The van der Waals surface area contributed by atoms with Gasteiger partial charge in [-0.15, -0.1) is 0 Å². The first-order valence-electron chi connectivity index (χ1n) is 6.83. The number of hydrogen-bond acceptors (Lipinski definition) is 4. The summed E-state index contributed by atoms with van der Waals surface area (Å²) >= 11 is 0. The highest BCUT2D eigenvalue weighted by Gasteiger charge is 2.21. The molecule has 2 N–H and O–H groups in total. The molecule has 0 saturated carbocycles. The van der Waals surface area contributed by atoms with Crippen molar-refractivity contribution in [1.29, 1.82) is 0 Å². The summed E-state index contributed by atoms with van der Waals surface area (Å²) in [6, 6.07) is 7.93. The summed E-state index contributed by atoms with van der Waals surface area (Å²) < 4.78 is 5.17. The van der Waals surface area contributed by atoms with Gasteiger partial charge in [0.2, 0.25) is 0 Å². The molecule has 1 fully saturated rings. The molecule has 0 spiro atoms. The van der Waals surface area contributed by atoms with Crippen LogP contribution in [0.5, 0.6) is 5.75 Å². The Morgan fingerprint density at radius 2 is 2.20 bits per heavy atom. The van der Waals surface area contributed by atoms with Crippen molar-refractivity contribution in [2.24, 2.45) is 0 Å². The maximum atomic E-state index is 9.59. The zero-order valence-electron chi connectivity index (χ0n) is 11.5. The molecule has 1 aliphatic heterocycles. The van der Waals surface area contributed by atoms with Crippen molar-refractivity contribution in [1.82, 2.24) is 15.1 Å². The maximum Gasteiger partial charge on any atom is 0.118 e. The fourth-order valence-electron chi connectivity index (χ4n) is 2.64. The molecule has 0 amide bonds. The molecule has 5 heteroatoms. The van der Waals surface area contributed by atoms with Crippen molar-refractivity contribution in [3.63, 3.8) is 0 Å². The smallest absolute Gasteiger partial charge is 0.118 e. The minimum absolute atomic E-state index is 0.189. The Balaban J connectivity index is 1.78. The van der Waals surface area contributed by atoms with Gasteiger partial charge < -0.3 is 9.84 Å². The van der Waals surface area contributed by atoms with Crippen molar-refractivity contribution in [3.8, 4) is 17.0 Å². The van der Waals surface area contributed by atoms with E-state index < -0.39 is 0 Å². The number of aromatic nitrogens is 2. The Bertz CT molecular complexity index is 565. The number of nitrogens with zero attached hydrogens (tertiary/aromatic N) is 2. The second kappa shape index (κ2) is 5.64. The third-order valence-corrected chi connectivity index (χ3v) is 3.74. The van der Waals surface area contributed by atoms with Gasteiger partial charge in [0.1, 0.15) is 5.75 Å². The first-order chi connectivity index (χ1) is 9.76. The Morgan fingerprint density at radius 3 is 2.85 bits per heavy atom. The van der Waals surface area contributed by atoms with Crippen molar-refractivity contribution in [2.75, 3.05) is 20.2 Å². The van der Waals surface area contributed by atoms with Crippen LogP contribution < -0.4 is 4.74 Å². The number of H-pyrrole nitrogens is 1. The lowest BCUT2D eigenvalue weighted by atomic mass is 10.1. The lowest BCUT2D eigenvalue weighted by molar-refractivity contribution is 0.175. The molecule has 1 aromatic carbocycles. The Kier molecular flexibility index (Phi) is 3.71. The predicted octanol–water partition coefficient (Wildman–Crippen LogP) is 1.65. The number of hydrogen-bond donors (Lipinski definition) is 2. The number of aliphatic hydroxyl groups is 1. The van der Waals surface area contributed by atoms with Crippen LogP contribution in [0.15, 0.2) is 30.5 Å². The van der Waals surface area contributed by atoms with Gasteiger partial charge >= 0.3 is 0 Å². The van der Waals surface area contributed by atoms with Gasteiger partial charge in [0.25, 0.3) is 0 Å². The molecule has 2 heterocycles. The highest BCUT2D eigenvalue weighted by atomic mass is 16.5. The van der Waals surface area contributed by atoms with E-state index in [2.05, 4.69) is 15.1 Å². The summed E-state index contributed by atoms with van der Waals surface area (Å²) in [5, 5.41) is 16.8. The van der Waals surface area contributed by atoms with Crippen molar-refractivity contribution < 1.29 is 9.84 Å². The third kappa shape index (κ3) is 2.69. The van der Waals surface area contributed by atoms with Crippen LogP contribution in [0.4, 0.5) is 0 Å². The predicted molar refractivity (Wildman–Crippen MR) is 76.5 cm³/mol. The zero-order valence-corrected chi connectivity index (χ0v) is 11.5. The summed E-state index contributed by atoms with van der Waals surface area (Å²) in [6.45, 7) is 2.50. The van der Waals surface area contributed by atoms with E-state index in [0.29, 0.717) is 0 Å². The van der Waals surface area contributed by atoms with Gasteiger partial charge in [-0.25, -0.2) is 0 Å². The first kappa shape index (κ1) is 13.1. The molecule has 0 radical (unpaired) electrons. The SMILES string of the molecule is COc1ccc(-c2[nH]ncc2CN2CC[C@@H](O)C2)cc1. The molecule has 1 atom stereocenters. The average molecular weight is 273 g/mol. The Morgan fingerprint density at radius 1 is 1.40 bits per heavy atom. The number of aromatic amines is 1. The van der Waals surface area contributed by atoms with Gasteiger partial charge in [0.05, 0.1) is 25.1 Å². The van der Waals surface area contributed by atoms with E-state index in [1.165, 1.54) is 0 Å². The largest absolute Gasteiger partial charge is 0.497 e. The molecule has 20 heavy (non-hydrogen) atoms. The molecule has 106 valence electrons. The normalized spacial score (nSPS) is 19.4. The van der Waals surface area contributed by atoms with Crippen LogP contribution in [0.1, 0.15) is 12.0 Å². The summed E-state index contributed by atoms with van der Waals surface area (Å²) in [4.78, 5) is 2.25. The van der Waals surface area contributed by atoms with Crippen molar-refractivity contribution >= 4 is 0 Å². The van der Waals surface area contributed by atoms with E-state index >= 15 is 0 Å². The Hall–Kier alpha value is -1.85. The van der Waals surface area contributed by atoms with Gasteiger partial charge in [-0.05, 0) is 30.7 Å². The molecule has 3 rings (SSSR count). The van der Waals surface area contributed by atoms with E-state index in [0.717, 1.165) is 48.6 Å². The lowest BCUT2D eigenvalue weighted by Crippen LogP contribution is -2.21. The van der Waals surface area contributed by atoms with Crippen LogP contribution in [0.3, 0.4) is 0 Å². The van der Waals surface area contributed by atoms with E-state index in [1.807, 2.05) is 30.5 Å². The molecule has 2 aromatic rings. The minimum atomic E-state index is -0.189. The van der Waals surface area contributed by atoms with E-state index in [1.54, 1.807) is 7.11 Å². The van der Waals surface area contributed by atoms with Gasteiger partial charge in [-0.3, -0.25) is 10.00 Å². The Labute approximate surface area is 118 Å². The van der Waals surface area contributed by atoms with Crippen LogP contribution in [0.2, 0.25) is 0 Å². The molecular weight excluding hydrogens is 254 g/mol. The lowest BCUT2D eigenvalue weighted by Gasteiger charge is -2.14. The quantitative estimate of drug-likeness (QED) is 0.889. The number of likely N-dealkylation sites (tertiary alicyclic amines) is 1. The standard InChI is InChI=1S/C15H19N3O2/c1-20-14-4-2-11(3-5-14)15-12(8-16-17-15)9-18-7-6-13(19)10-18/h2-5,8,13,19H,6-7,9-10H2,1H3,(H,16,17)/t13-/m1/s1. The van der Waals surface area contributed by atoms with Crippen LogP contribution in [0, 0.1) is 0 Å². The number of rotatable bonds is 4. The van der Waals surface area contributed by atoms with Crippen LogP contribution >= 0.6 is 0 Å². The molecule has 1 saturated heterocycles. The number of benzene rings is 1. The molecule has 1 aliphatic rings. The summed E-state index contributed by atoms with van der Waals surface area (Å²) in [7, 11) is 1.66. The molecule has 1 aromatic heterocycles. The highest BCUT2D eigenvalue weighted by Crippen LogP contribution is 2.25. The van der Waals surface area contributed by atoms with Crippen molar-refractivity contribution in [2.45, 2.75) is 19.1 Å². The van der Waals surface area contributed by atoms with E-state index in [4.69, 9.17) is 4.74 Å². The number of methoxy groups -OCH3 is 1. The number of aliphatic hydroxyl groups excluding tert-OH is 1. The van der Waals surface area contributed by atoms with Gasteiger partial charge in [-0.1, -0.05) is 0 Å². The second-order valence-electron chi connectivity index (χ2n) is 5.18. The minimum Gasteiger partial charge on any atom is -0.497 e. The first-order valence-corrected chi connectivity index (χ1v) is 6.83. The highest BCUT2D eigenvalue weighted by molar-refractivity contribution is 5.63. The number of ether oxygens (including phenoxy) is 1. The average Bonchev–Trinajstić information content (AvgIpc) is 3.09. The zero-order chi connectivity index (χ0) is 13.9. The van der Waals surface area contributed by atoms with Gasteiger partial charge in [-0.2, -0.15) is 5.10 Å². The number of β-amino-alcohol motifs (C(OH)–C–C–N with tert-alkyl or cyclic N) is 1. The summed E-state index contributed by atoms with van der Waals surface area (Å²) in [6.07, 6.45) is 2.53. The van der Waals surface area contributed by atoms with Crippen LogP contribution in [-0.4, -0.2) is 46.5 Å². The van der Waals surface area contributed by atoms with Crippen LogP contribution in [0.25, 0.3) is 11.3 Å². The molecule has 0 aliphatic carbocycles. The second-order valence-corrected chi connectivity index (χ2v) is 5.18. The fourth-order valence-corrected chi connectivity index (χ4v) is 2.64. The topological polar surface area (TPSA) is 61.4 Å². The van der Waals surface area contributed by atoms with E-state index in [9.17, 15) is 5.11 Å². The summed E-state index contributed by atoms with van der Waals surface area (Å²) in [5.41, 5.74) is 3.29. The van der Waals surface area contributed by atoms with Gasteiger partial charge in [0.15, 0.2) is 0 Å². The maximum absolute atomic E-state index is 9.59. The fraction of sp³-hybridized carbons (Fsp3) is 0.400. The monoisotopic (exact) mass is 273 g/mol. The molecule has 5 nitrogen and oxygen atoms in total. The van der Waals surface area contributed by atoms with Gasteiger partial charge in [0, 0.05) is 30.8 Å².